The van der Waals surface area contributed by atoms with E-state index >= 15 is 8.78 Å². The van der Waals surface area contributed by atoms with Crippen LogP contribution in [0.1, 0.15) is 129 Å². The number of ether oxygens (including phenoxy) is 3. The maximum absolute atomic E-state index is 15.7. The van der Waals surface area contributed by atoms with Crippen LogP contribution in [0.5, 0.6) is 11.5 Å². The molecule has 4 aromatic rings. The molecule has 1 fully saturated rings. The summed E-state index contributed by atoms with van der Waals surface area (Å²) >= 11 is 0. The number of rotatable bonds is 27. The minimum absolute atomic E-state index is 0.0988. The van der Waals surface area contributed by atoms with Crippen molar-refractivity contribution >= 4 is 19.5 Å². The van der Waals surface area contributed by atoms with Gasteiger partial charge in [-0.1, -0.05) is 113 Å². The highest BCUT2D eigenvalue weighted by Crippen LogP contribution is 2.56. The minimum Gasteiger partial charge on any atom is -0.497 e. The third kappa shape index (κ3) is 16.9. The van der Waals surface area contributed by atoms with Crippen molar-refractivity contribution < 1.29 is 51.4 Å². The zero-order valence-corrected chi connectivity index (χ0v) is 44.2. The first-order valence-corrected chi connectivity index (χ1v) is 26.2. The number of amides is 1. The Kier molecular flexibility index (Phi) is 21.9. The molecule has 16 heteroatoms. The highest BCUT2D eigenvalue weighted by Gasteiger charge is 2.60. The number of nitrogens with one attached hydrogen (secondary N) is 1. The van der Waals surface area contributed by atoms with Crippen LogP contribution in [-0.2, 0) is 28.7 Å². The Bertz CT molecular complexity index is 2650. The van der Waals surface area contributed by atoms with Crippen molar-refractivity contribution in [3.8, 4) is 11.5 Å². The van der Waals surface area contributed by atoms with Crippen LogP contribution >= 0.6 is 7.82 Å². The van der Waals surface area contributed by atoms with E-state index < -0.39 is 56.0 Å². The smallest absolute Gasteiger partial charge is 0.473 e. The highest BCUT2D eigenvalue weighted by molar-refractivity contribution is 7.47. The van der Waals surface area contributed by atoms with Crippen LogP contribution in [0.4, 0.5) is 14.6 Å². The molecule has 1 saturated heterocycles. The number of hydrogen-bond donors (Lipinski definition) is 3. The van der Waals surface area contributed by atoms with Gasteiger partial charge in [-0.25, -0.2) is 9.36 Å². The molecule has 1 aromatic heterocycles. The molecule has 0 saturated carbocycles. The van der Waals surface area contributed by atoms with Crippen LogP contribution in [0.25, 0.3) is 0 Å². The number of alkyl halides is 2. The van der Waals surface area contributed by atoms with E-state index in [1.54, 1.807) is 78.9 Å². The van der Waals surface area contributed by atoms with Gasteiger partial charge in [0.2, 0.25) is 12.1 Å². The summed E-state index contributed by atoms with van der Waals surface area (Å²) in [5.74, 6) is -3.68. The number of methoxy groups -OCH3 is 2. The second-order valence-corrected chi connectivity index (χ2v) is 20.1. The third-order valence-corrected chi connectivity index (χ3v) is 13.6. The molecule has 0 radical (unpaired) electrons. The number of carbonyl (C=O) groups excluding carboxylic acids is 1. The van der Waals surface area contributed by atoms with Crippen LogP contribution in [-0.4, -0.2) is 64.4 Å². The number of unbranched alkanes of at least 4 members (excludes halogenated alkanes) is 1. The van der Waals surface area contributed by atoms with E-state index in [9.17, 15) is 24.2 Å². The number of hydrogen-bond acceptors (Lipinski definition) is 10. The average Bonchev–Trinajstić information content (AvgIpc) is 3.59. The molecule has 4 atom stereocenters. The van der Waals surface area contributed by atoms with Gasteiger partial charge in [-0.15, -0.1) is 0 Å². The van der Waals surface area contributed by atoms with Gasteiger partial charge in [-0.2, -0.15) is 13.8 Å². The Balaban J connectivity index is 1.14. The summed E-state index contributed by atoms with van der Waals surface area (Å²) < 4.78 is 73.6. The fourth-order valence-electron chi connectivity index (χ4n) is 8.38. The van der Waals surface area contributed by atoms with Crippen LogP contribution in [0.15, 0.2) is 154 Å². The van der Waals surface area contributed by atoms with E-state index in [-0.39, 0.29) is 12.2 Å². The molecule has 0 aliphatic carbocycles. The Morgan fingerprint density at radius 3 is 1.70 bits per heavy atom. The zero-order valence-electron chi connectivity index (χ0n) is 43.3. The molecule has 1 unspecified atom stereocenters. The lowest BCUT2D eigenvalue weighted by Crippen LogP contribution is -2.42. The van der Waals surface area contributed by atoms with Gasteiger partial charge in [0, 0.05) is 12.6 Å². The normalized spacial score (nSPS) is 18.3. The van der Waals surface area contributed by atoms with E-state index in [0.717, 1.165) is 69.2 Å². The molecular weight excluding hydrogens is 956 g/mol. The lowest BCUT2D eigenvalue weighted by molar-refractivity contribution is -0.140. The maximum Gasteiger partial charge on any atom is 0.473 e. The lowest BCUT2D eigenvalue weighted by atomic mass is 9.80. The predicted molar refractivity (Wildman–Crippen MR) is 282 cm³/mol. The van der Waals surface area contributed by atoms with Gasteiger partial charge in [-0.05, 0) is 146 Å². The number of nitrogens with zero attached hydrogens (tertiary/aromatic N) is 2. The van der Waals surface area contributed by atoms with Crippen LogP contribution < -0.4 is 20.5 Å². The summed E-state index contributed by atoms with van der Waals surface area (Å²) in [7, 11) is -2.28. The second-order valence-electron chi connectivity index (χ2n) is 18.7. The summed E-state index contributed by atoms with van der Waals surface area (Å²) in [6.45, 7) is 11.7. The van der Waals surface area contributed by atoms with Crippen molar-refractivity contribution in [2.75, 3.05) is 26.1 Å². The van der Waals surface area contributed by atoms with Gasteiger partial charge in [0.15, 0.2) is 11.7 Å². The van der Waals surface area contributed by atoms with Crippen molar-refractivity contribution in [1.29, 1.82) is 0 Å². The molecular formula is C57H72F2N3O10P. The number of phosphoric acid groups is 1. The van der Waals surface area contributed by atoms with Crippen molar-refractivity contribution in [1.82, 2.24) is 9.55 Å². The monoisotopic (exact) mass is 1030 g/mol. The predicted octanol–water partition coefficient (Wildman–Crippen LogP) is 12.9. The summed E-state index contributed by atoms with van der Waals surface area (Å²) in [6, 6.07) is 22.9. The fraction of sp³-hybridized carbons (Fsp3) is 0.421. The van der Waals surface area contributed by atoms with Gasteiger partial charge < -0.3 is 29.5 Å². The molecule has 0 spiro atoms. The number of aromatic nitrogens is 2. The minimum atomic E-state index is -5.26. The molecule has 3 aromatic carbocycles. The average molecular weight is 1030 g/mol. The second kappa shape index (κ2) is 27.5. The number of aliphatic hydroxyl groups is 1. The summed E-state index contributed by atoms with van der Waals surface area (Å²) in [4.78, 5) is 41.2. The Morgan fingerprint density at radius 1 is 0.726 bits per heavy atom. The highest BCUT2D eigenvalue weighted by atomic mass is 31.2. The first-order chi connectivity index (χ1) is 34.8. The Labute approximate surface area is 428 Å². The molecule has 5 rings (SSSR count). The largest absolute Gasteiger partial charge is 0.497 e. The number of anilines is 1. The molecule has 394 valence electrons. The van der Waals surface area contributed by atoms with Crippen molar-refractivity contribution in [3.05, 3.63) is 177 Å². The number of phosphoric ester groups is 1. The Hall–Kier alpha value is -5.80. The summed E-state index contributed by atoms with van der Waals surface area (Å²) in [5, 5.41) is 13.3. The first-order valence-electron chi connectivity index (χ1n) is 24.7. The standard InChI is InChI=1S/C57H72F2N3O10P/c1-40(2)17-14-20-43(5)23-15-21-41(3)18-12-13-19-42(4)22-16-24-44(6)27-36-52(63)60-51-37-38-62(55(65)61-51)54-57(58,59)53(64)50(71-54)39-70-73(66,67)72-56(45-25-10-9-11-26-45,46-28-32-48(68-7)33-29-46)47-30-34-49(69-8)35-31-47/h9-11,17-19,23-26,28-35,37-38,50,53-54,64H,12-16,20-22,27,36,39H2,1-8H3,(H,66,67)(H,60,61,63,65)/b41-18+,42-19+,43-23+,44-24+/t50-,53-,54-/m1/s1. The van der Waals surface area contributed by atoms with Crippen LogP contribution in [0, 0.1) is 0 Å². The number of benzene rings is 3. The number of carbonyl (C=O) groups is 1. The molecule has 13 nitrogen and oxygen atoms in total. The zero-order chi connectivity index (χ0) is 53.2. The van der Waals surface area contributed by atoms with Gasteiger partial charge in [0.05, 0.1) is 20.8 Å². The lowest BCUT2D eigenvalue weighted by Gasteiger charge is -2.36. The quantitative estimate of drug-likeness (QED) is 0.0225. The molecule has 0 bridgehead atoms. The summed E-state index contributed by atoms with van der Waals surface area (Å²) in [5.41, 5.74) is 4.71. The fourth-order valence-corrected chi connectivity index (χ4v) is 9.43. The molecule has 1 amide bonds. The van der Waals surface area contributed by atoms with Gasteiger partial charge in [0.25, 0.3) is 0 Å². The number of halogens is 2. The van der Waals surface area contributed by atoms with E-state index in [4.69, 9.17) is 23.3 Å². The van der Waals surface area contributed by atoms with Crippen molar-refractivity contribution in [2.24, 2.45) is 0 Å². The molecule has 2 heterocycles. The van der Waals surface area contributed by atoms with E-state index in [0.29, 0.717) is 39.2 Å². The van der Waals surface area contributed by atoms with Crippen molar-refractivity contribution in [3.63, 3.8) is 0 Å². The van der Waals surface area contributed by atoms with Crippen LogP contribution in [0.3, 0.4) is 0 Å². The number of allylic oxidation sites excluding steroid dienone is 10. The van der Waals surface area contributed by atoms with Crippen molar-refractivity contribution in [2.45, 2.75) is 136 Å². The molecule has 73 heavy (non-hydrogen) atoms. The first kappa shape index (κ1) is 58.1. The van der Waals surface area contributed by atoms with Gasteiger partial charge in [-0.3, -0.25) is 18.4 Å². The van der Waals surface area contributed by atoms with Gasteiger partial charge >= 0.3 is 19.4 Å². The molecule has 1 aliphatic heterocycles. The van der Waals surface area contributed by atoms with Crippen LogP contribution in [0.2, 0.25) is 0 Å². The Morgan fingerprint density at radius 2 is 1.21 bits per heavy atom. The maximum atomic E-state index is 15.7. The third-order valence-electron chi connectivity index (χ3n) is 12.6. The number of aliphatic hydroxyl groups excluding tert-OH is 1. The molecule has 3 N–H and O–H groups in total. The van der Waals surface area contributed by atoms with E-state index in [2.05, 4.69) is 75.3 Å². The van der Waals surface area contributed by atoms with Gasteiger partial charge in [0.1, 0.15) is 23.4 Å². The van der Waals surface area contributed by atoms with E-state index in [1.807, 2.05) is 6.92 Å². The summed E-state index contributed by atoms with van der Waals surface area (Å²) in [6.07, 6.45) is 14.1. The molecule has 1 aliphatic rings. The SMILES string of the molecule is COc1ccc(C(OP(=O)(O)OC[C@H]2O[C@@H](n3ccc(NC(=O)CC/C(C)=C/CC/C(C)=C/CC/C=C(\C)CC/C=C(\C)CCC=C(C)C)nc3=O)C(F)(F)[C@@H]2O)(c2ccccc2)c2ccc(OC)cc2)cc1. The van der Waals surface area contributed by atoms with E-state index in [1.165, 1.54) is 36.5 Å². The topological polar surface area (TPSA) is 168 Å².